The van der Waals surface area contributed by atoms with E-state index >= 15 is 0 Å². The van der Waals surface area contributed by atoms with Crippen molar-refractivity contribution in [2.75, 3.05) is 7.11 Å². The number of nitrogens with zero attached hydrogens (tertiary/aromatic N) is 1. The molecule has 1 fully saturated rings. The van der Waals surface area contributed by atoms with Gasteiger partial charge in [0.15, 0.2) is 0 Å². The second-order valence-electron chi connectivity index (χ2n) is 3.59. The topological polar surface area (TPSA) is 102 Å². The molecular formula is C10H14N2O6. The van der Waals surface area contributed by atoms with Gasteiger partial charge >= 0.3 is 12.1 Å². The molecule has 1 saturated heterocycles. The minimum atomic E-state index is -0.973. The molecule has 1 rings (SSSR count). The third kappa shape index (κ3) is 3.19. The number of amides is 3. The molecular weight excluding hydrogens is 244 g/mol. The van der Waals surface area contributed by atoms with Gasteiger partial charge in [-0.3, -0.25) is 9.59 Å². The van der Waals surface area contributed by atoms with Crippen molar-refractivity contribution in [3.05, 3.63) is 0 Å². The monoisotopic (exact) mass is 258 g/mol. The minimum Gasteiger partial charge on any atom is -0.453 e. The van der Waals surface area contributed by atoms with E-state index in [1.54, 1.807) is 6.92 Å². The van der Waals surface area contributed by atoms with Gasteiger partial charge in [0.05, 0.1) is 7.11 Å². The van der Waals surface area contributed by atoms with E-state index in [0.717, 1.165) is 7.11 Å². The molecule has 0 saturated carbocycles. The quantitative estimate of drug-likeness (QED) is 0.696. The van der Waals surface area contributed by atoms with Crippen LogP contribution >= 0.6 is 0 Å². The summed E-state index contributed by atoms with van der Waals surface area (Å²) < 4.78 is 4.34. The van der Waals surface area contributed by atoms with Crippen LogP contribution < -0.4 is 5.32 Å². The first-order chi connectivity index (χ1) is 8.49. The first-order valence-corrected chi connectivity index (χ1v) is 5.41. The summed E-state index contributed by atoms with van der Waals surface area (Å²) in [5.74, 6) is -2.02. The molecule has 1 aliphatic heterocycles. The average molecular weight is 258 g/mol. The fourth-order valence-corrected chi connectivity index (χ4v) is 1.34. The Kier molecular flexibility index (Phi) is 4.64. The Balaban J connectivity index is 2.59. The number of hydroxylamine groups is 2. The number of hydrogen-bond donors (Lipinski definition) is 1. The Hall–Kier alpha value is -2.12. The van der Waals surface area contributed by atoms with Crippen molar-refractivity contribution in [3.63, 3.8) is 0 Å². The van der Waals surface area contributed by atoms with Crippen molar-refractivity contribution in [2.45, 2.75) is 32.2 Å². The fraction of sp³-hybridized carbons (Fsp3) is 0.600. The Morgan fingerprint density at radius 1 is 1.33 bits per heavy atom. The fourth-order valence-electron chi connectivity index (χ4n) is 1.34. The standard InChI is InChI=1S/C10H14N2O6/c1-3-6(11-10(16)17-2)9(15)18-12-7(13)4-5-8(12)14/h6H,3-5H2,1-2H3,(H,11,16)/t6-/m0/s1. The van der Waals surface area contributed by atoms with E-state index in [0.29, 0.717) is 5.06 Å². The summed E-state index contributed by atoms with van der Waals surface area (Å²) >= 11 is 0. The van der Waals surface area contributed by atoms with Crippen molar-refractivity contribution in [3.8, 4) is 0 Å². The van der Waals surface area contributed by atoms with Crippen molar-refractivity contribution >= 4 is 23.9 Å². The molecule has 0 spiro atoms. The zero-order valence-electron chi connectivity index (χ0n) is 10.1. The maximum absolute atomic E-state index is 11.6. The minimum absolute atomic E-state index is 0.0212. The molecule has 0 aromatic carbocycles. The van der Waals surface area contributed by atoms with Crippen LogP contribution in [0.4, 0.5) is 4.79 Å². The smallest absolute Gasteiger partial charge is 0.407 e. The molecule has 8 nitrogen and oxygen atoms in total. The van der Waals surface area contributed by atoms with Gasteiger partial charge in [0.25, 0.3) is 11.8 Å². The Morgan fingerprint density at radius 3 is 2.33 bits per heavy atom. The lowest BCUT2D eigenvalue weighted by Crippen LogP contribution is -2.45. The van der Waals surface area contributed by atoms with Gasteiger partial charge in [-0.05, 0) is 6.42 Å². The Morgan fingerprint density at radius 2 is 1.89 bits per heavy atom. The van der Waals surface area contributed by atoms with Crippen LogP contribution in [0.1, 0.15) is 26.2 Å². The normalized spacial score (nSPS) is 16.4. The summed E-state index contributed by atoms with van der Waals surface area (Å²) in [6.45, 7) is 1.63. The van der Waals surface area contributed by atoms with Gasteiger partial charge < -0.3 is 14.9 Å². The third-order valence-electron chi connectivity index (χ3n) is 2.36. The van der Waals surface area contributed by atoms with Crippen LogP contribution in [0.2, 0.25) is 0 Å². The third-order valence-corrected chi connectivity index (χ3v) is 2.36. The maximum Gasteiger partial charge on any atom is 0.407 e. The van der Waals surface area contributed by atoms with Crippen molar-refractivity contribution in [2.24, 2.45) is 0 Å². The molecule has 3 amide bonds. The number of methoxy groups -OCH3 is 1. The number of carbonyl (C=O) groups is 4. The van der Waals surface area contributed by atoms with Gasteiger partial charge in [0.2, 0.25) is 0 Å². The van der Waals surface area contributed by atoms with Crippen molar-refractivity contribution in [1.82, 2.24) is 10.4 Å². The lowest BCUT2D eigenvalue weighted by atomic mass is 10.2. The van der Waals surface area contributed by atoms with Crippen LogP contribution in [-0.2, 0) is 24.0 Å². The highest BCUT2D eigenvalue weighted by atomic mass is 16.7. The van der Waals surface area contributed by atoms with E-state index in [1.807, 2.05) is 0 Å². The van der Waals surface area contributed by atoms with Gasteiger partial charge in [-0.1, -0.05) is 6.92 Å². The molecule has 0 aliphatic carbocycles. The molecule has 0 radical (unpaired) electrons. The number of ether oxygens (including phenoxy) is 1. The highest BCUT2D eigenvalue weighted by Gasteiger charge is 2.34. The summed E-state index contributed by atoms with van der Waals surface area (Å²) in [5.41, 5.74) is 0. The highest BCUT2D eigenvalue weighted by molar-refractivity contribution is 6.01. The van der Waals surface area contributed by atoms with Crippen molar-refractivity contribution < 1.29 is 28.8 Å². The summed E-state index contributed by atoms with van der Waals surface area (Å²) in [7, 11) is 1.15. The van der Waals surface area contributed by atoms with Gasteiger partial charge in [-0.25, -0.2) is 9.59 Å². The van der Waals surface area contributed by atoms with E-state index in [-0.39, 0.29) is 19.3 Å². The molecule has 0 unspecified atom stereocenters. The number of hydrogen-bond acceptors (Lipinski definition) is 6. The zero-order chi connectivity index (χ0) is 13.7. The van der Waals surface area contributed by atoms with Gasteiger partial charge in [-0.2, -0.15) is 0 Å². The number of imide groups is 1. The number of alkyl carbamates (subject to hydrolysis) is 1. The van der Waals surface area contributed by atoms with Crippen LogP contribution in [0.15, 0.2) is 0 Å². The van der Waals surface area contributed by atoms with E-state index in [9.17, 15) is 19.2 Å². The molecule has 0 bridgehead atoms. The van der Waals surface area contributed by atoms with Gasteiger partial charge in [0.1, 0.15) is 6.04 Å². The lowest BCUT2D eigenvalue weighted by Gasteiger charge is -2.18. The van der Waals surface area contributed by atoms with E-state index in [2.05, 4.69) is 14.9 Å². The summed E-state index contributed by atoms with van der Waals surface area (Å²) in [6.07, 6.45) is -0.511. The molecule has 1 atom stereocenters. The Bertz CT molecular complexity index is 365. The maximum atomic E-state index is 11.6. The summed E-state index contributed by atoms with van der Waals surface area (Å²) in [6, 6.07) is -0.973. The van der Waals surface area contributed by atoms with Crippen molar-refractivity contribution in [1.29, 1.82) is 0 Å². The first-order valence-electron chi connectivity index (χ1n) is 5.41. The molecule has 1 aliphatic rings. The van der Waals surface area contributed by atoms with Gasteiger partial charge in [0, 0.05) is 12.8 Å². The largest absolute Gasteiger partial charge is 0.453 e. The zero-order valence-corrected chi connectivity index (χ0v) is 10.1. The predicted octanol–water partition coefficient (Wildman–Crippen LogP) is -0.272. The van der Waals surface area contributed by atoms with Crippen LogP contribution in [0.25, 0.3) is 0 Å². The molecule has 1 N–H and O–H groups in total. The van der Waals surface area contributed by atoms with Crippen LogP contribution in [0.5, 0.6) is 0 Å². The number of rotatable bonds is 4. The van der Waals surface area contributed by atoms with Crippen LogP contribution in [0.3, 0.4) is 0 Å². The van der Waals surface area contributed by atoms with E-state index in [4.69, 9.17) is 0 Å². The van der Waals surface area contributed by atoms with Crippen LogP contribution in [0, 0.1) is 0 Å². The summed E-state index contributed by atoms with van der Waals surface area (Å²) in [5, 5.41) is 2.67. The molecule has 100 valence electrons. The number of carbonyl (C=O) groups excluding carboxylic acids is 4. The first kappa shape index (κ1) is 13.9. The Labute approximate surface area is 103 Å². The van der Waals surface area contributed by atoms with Crippen LogP contribution in [-0.4, -0.2) is 42.1 Å². The number of nitrogens with one attached hydrogen (secondary N) is 1. The molecule has 18 heavy (non-hydrogen) atoms. The van der Waals surface area contributed by atoms with E-state index < -0.39 is 29.9 Å². The average Bonchev–Trinajstić information content (AvgIpc) is 2.67. The molecule has 0 aromatic heterocycles. The molecule has 8 heteroatoms. The molecule has 1 heterocycles. The predicted molar refractivity (Wildman–Crippen MR) is 56.8 cm³/mol. The van der Waals surface area contributed by atoms with Gasteiger partial charge in [-0.15, -0.1) is 5.06 Å². The highest BCUT2D eigenvalue weighted by Crippen LogP contribution is 2.13. The summed E-state index contributed by atoms with van der Waals surface area (Å²) in [4.78, 5) is 49.7. The van der Waals surface area contributed by atoms with E-state index in [1.165, 1.54) is 0 Å². The second kappa shape index (κ2) is 5.99. The second-order valence-corrected chi connectivity index (χ2v) is 3.59. The lowest BCUT2D eigenvalue weighted by molar-refractivity contribution is -0.198. The molecule has 0 aromatic rings. The SMILES string of the molecule is CC[C@H](NC(=O)OC)C(=O)ON1C(=O)CCC1=O.